The number of hydrogen-bond acceptors (Lipinski definition) is 4. The third kappa shape index (κ3) is 4.39. The molecule has 114 valence electrons. The van der Waals surface area contributed by atoms with E-state index >= 15 is 0 Å². The zero-order valence-corrected chi connectivity index (χ0v) is 12.0. The summed E-state index contributed by atoms with van der Waals surface area (Å²) in [5.74, 6) is -0.439. The number of benzene rings is 2. The number of nitro benzene ring substituents is 1. The first-order chi connectivity index (χ1) is 10.6. The van der Waals surface area contributed by atoms with Crippen molar-refractivity contribution in [2.75, 3.05) is 6.54 Å². The van der Waals surface area contributed by atoms with Crippen molar-refractivity contribution in [2.24, 2.45) is 5.73 Å². The van der Waals surface area contributed by atoms with Gasteiger partial charge in [0, 0.05) is 24.2 Å². The molecule has 2 aromatic rings. The van der Waals surface area contributed by atoms with Gasteiger partial charge in [0.1, 0.15) is 0 Å². The van der Waals surface area contributed by atoms with Gasteiger partial charge in [0.15, 0.2) is 0 Å². The van der Waals surface area contributed by atoms with Gasteiger partial charge in [-0.2, -0.15) is 0 Å². The topological polar surface area (TPSA) is 98.3 Å². The predicted octanol–water partition coefficient (Wildman–Crippen LogP) is 2.03. The lowest BCUT2D eigenvalue weighted by Crippen LogP contribution is -2.17. The maximum Gasteiger partial charge on any atom is 0.269 e. The highest BCUT2D eigenvalue weighted by atomic mass is 16.6. The number of non-ortho nitro benzene ring substituents is 1. The summed E-state index contributed by atoms with van der Waals surface area (Å²) in [5, 5.41) is 13.9. The molecule has 6 nitrogen and oxygen atoms in total. The largest absolute Gasteiger partial charge is 0.366 e. The molecule has 0 heterocycles. The van der Waals surface area contributed by atoms with E-state index in [0.717, 1.165) is 17.5 Å². The molecule has 0 aliphatic carbocycles. The molecule has 2 aromatic carbocycles. The van der Waals surface area contributed by atoms with Gasteiger partial charge in [-0.15, -0.1) is 0 Å². The number of carbonyl (C=O) groups excluding carboxylic acids is 1. The van der Waals surface area contributed by atoms with Crippen LogP contribution in [0.25, 0.3) is 0 Å². The summed E-state index contributed by atoms with van der Waals surface area (Å²) in [5.41, 5.74) is 7.71. The van der Waals surface area contributed by atoms with Crippen molar-refractivity contribution in [2.45, 2.75) is 13.0 Å². The Hall–Kier alpha value is -2.73. The normalized spacial score (nSPS) is 10.4. The monoisotopic (exact) mass is 299 g/mol. The fraction of sp³-hybridized carbons (Fsp3) is 0.188. The first-order valence-electron chi connectivity index (χ1n) is 6.89. The molecule has 0 spiro atoms. The van der Waals surface area contributed by atoms with Gasteiger partial charge in [-0.25, -0.2) is 0 Å². The second-order valence-electron chi connectivity index (χ2n) is 4.92. The number of nitrogens with zero attached hydrogens (tertiary/aromatic N) is 1. The van der Waals surface area contributed by atoms with E-state index in [-0.39, 0.29) is 5.69 Å². The Labute approximate surface area is 128 Å². The molecule has 3 N–H and O–H groups in total. The fourth-order valence-electron chi connectivity index (χ4n) is 2.13. The van der Waals surface area contributed by atoms with Crippen molar-refractivity contribution < 1.29 is 9.72 Å². The molecule has 0 aliphatic heterocycles. The fourth-order valence-corrected chi connectivity index (χ4v) is 2.13. The molecule has 0 bridgehead atoms. The van der Waals surface area contributed by atoms with Gasteiger partial charge in [0.2, 0.25) is 5.91 Å². The number of hydrogen-bond donors (Lipinski definition) is 2. The van der Waals surface area contributed by atoms with Crippen molar-refractivity contribution in [3.8, 4) is 0 Å². The minimum absolute atomic E-state index is 0.0912. The summed E-state index contributed by atoms with van der Waals surface area (Å²) in [6, 6.07) is 13.7. The van der Waals surface area contributed by atoms with Crippen molar-refractivity contribution in [3.05, 3.63) is 75.3 Å². The molecule has 0 atom stereocenters. The summed E-state index contributed by atoms with van der Waals surface area (Å²) >= 11 is 0. The van der Waals surface area contributed by atoms with E-state index in [1.165, 1.54) is 6.07 Å². The zero-order valence-electron chi connectivity index (χ0n) is 12.0. The van der Waals surface area contributed by atoms with Crippen molar-refractivity contribution in [1.82, 2.24) is 5.32 Å². The highest BCUT2D eigenvalue weighted by Crippen LogP contribution is 2.12. The van der Waals surface area contributed by atoms with Crippen LogP contribution in [0.5, 0.6) is 0 Å². The predicted molar refractivity (Wildman–Crippen MR) is 83.5 cm³/mol. The van der Waals surface area contributed by atoms with Crippen LogP contribution in [0.3, 0.4) is 0 Å². The molecule has 0 fully saturated rings. The van der Waals surface area contributed by atoms with Crippen LogP contribution in [0.2, 0.25) is 0 Å². The molecule has 0 aliphatic rings. The smallest absolute Gasteiger partial charge is 0.269 e. The van der Waals surface area contributed by atoms with Gasteiger partial charge in [-0.05, 0) is 36.2 Å². The SMILES string of the molecule is NC(=O)c1cccc(CCNCc2cccc([N+](=O)[O-])c2)c1. The van der Waals surface area contributed by atoms with Crippen LogP contribution in [0, 0.1) is 10.1 Å². The molecule has 0 aromatic heterocycles. The lowest BCUT2D eigenvalue weighted by atomic mass is 10.1. The number of nitrogens with one attached hydrogen (secondary N) is 1. The van der Waals surface area contributed by atoms with E-state index in [1.54, 1.807) is 30.3 Å². The van der Waals surface area contributed by atoms with Gasteiger partial charge in [0.05, 0.1) is 4.92 Å². The van der Waals surface area contributed by atoms with Crippen molar-refractivity contribution in [1.29, 1.82) is 0 Å². The van der Waals surface area contributed by atoms with Crippen LogP contribution >= 0.6 is 0 Å². The van der Waals surface area contributed by atoms with E-state index in [0.29, 0.717) is 18.7 Å². The Bertz CT molecular complexity index is 626. The highest BCUT2D eigenvalue weighted by Gasteiger charge is 2.05. The van der Waals surface area contributed by atoms with E-state index in [1.807, 2.05) is 12.1 Å². The molecule has 22 heavy (non-hydrogen) atoms. The first-order valence-corrected chi connectivity index (χ1v) is 6.89. The lowest BCUT2D eigenvalue weighted by molar-refractivity contribution is -0.384. The maximum absolute atomic E-state index is 11.1. The summed E-state index contributed by atoms with van der Waals surface area (Å²) in [4.78, 5) is 21.4. The molecular formula is C16H17N3O3. The minimum atomic E-state index is -0.439. The van der Waals surface area contributed by atoms with E-state index in [2.05, 4.69) is 5.32 Å². The molecule has 0 saturated heterocycles. The standard InChI is InChI=1S/C16H17N3O3/c17-16(20)14-5-1-3-12(9-14)7-8-18-11-13-4-2-6-15(10-13)19(21)22/h1-6,9-10,18H,7-8,11H2,(H2,17,20). The number of carbonyl (C=O) groups is 1. The van der Waals surface area contributed by atoms with E-state index in [4.69, 9.17) is 5.73 Å². The van der Waals surface area contributed by atoms with Gasteiger partial charge >= 0.3 is 0 Å². The second-order valence-corrected chi connectivity index (χ2v) is 4.92. The van der Waals surface area contributed by atoms with Gasteiger partial charge in [-0.3, -0.25) is 14.9 Å². The van der Waals surface area contributed by atoms with E-state index < -0.39 is 10.8 Å². The Morgan fingerprint density at radius 2 is 1.86 bits per heavy atom. The summed E-state index contributed by atoms with van der Waals surface area (Å²) < 4.78 is 0. The van der Waals surface area contributed by atoms with Crippen molar-refractivity contribution >= 4 is 11.6 Å². The second kappa shape index (κ2) is 7.33. The first kappa shape index (κ1) is 15.7. The Kier molecular flexibility index (Phi) is 5.21. The Balaban J connectivity index is 1.84. The molecule has 0 radical (unpaired) electrons. The molecular weight excluding hydrogens is 282 g/mol. The van der Waals surface area contributed by atoms with Crippen LogP contribution in [-0.2, 0) is 13.0 Å². The van der Waals surface area contributed by atoms with E-state index in [9.17, 15) is 14.9 Å². The number of nitro groups is 1. The minimum Gasteiger partial charge on any atom is -0.366 e. The average Bonchev–Trinajstić information content (AvgIpc) is 2.52. The quantitative estimate of drug-likeness (QED) is 0.464. The van der Waals surface area contributed by atoms with Gasteiger partial charge < -0.3 is 11.1 Å². The maximum atomic E-state index is 11.1. The molecule has 2 rings (SSSR count). The summed E-state index contributed by atoms with van der Waals surface area (Å²) in [7, 11) is 0. The average molecular weight is 299 g/mol. The molecule has 0 saturated carbocycles. The Morgan fingerprint density at radius 1 is 1.14 bits per heavy atom. The molecule has 6 heteroatoms. The van der Waals surface area contributed by atoms with Crippen molar-refractivity contribution in [3.63, 3.8) is 0 Å². The summed E-state index contributed by atoms with van der Waals surface area (Å²) in [6.07, 6.45) is 0.746. The van der Waals surface area contributed by atoms with Gasteiger partial charge in [-0.1, -0.05) is 24.3 Å². The van der Waals surface area contributed by atoms with Crippen LogP contribution in [0.15, 0.2) is 48.5 Å². The summed E-state index contributed by atoms with van der Waals surface area (Å²) in [6.45, 7) is 1.25. The molecule has 1 amide bonds. The zero-order chi connectivity index (χ0) is 15.9. The third-order valence-electron chi connectivity index (χ3n) is 3.25. The highest BCUT2D eigenvalue weighted by molar-refractivity contribution is 5.92. The third-order valence-corrected chi connectivity index (χ3v) is 3.25. The van der Waals surface area contributed by atoms with Gasteiger partial charge in [0.25, 0.3) is 5.69 Å². The number of rotatable bonds is 7. The number of primary amides is 1. The van der Waals surface area contributed by atoms with Crippen LogP contribution in [0.1, 0.15) is 21.5 Å². The van der Waals surface area contributed by atoms with Crippen LogP contribution in [-0.4, -0.2) is 17.4 Å². The van der Waals surface area contributed by atoms with Crippen LogP contribution < -0.4 is 11.1 Å². The number of amides is 1. The number of nitrogens with two attached hydrogens (primary N) is 1. The molecule has 0 unspecified atom stereocenters. The Morgan fingerprint density at radius 3 is 2.59 bits per heavy atom. The van der Waals surface area contributed by atoms with Crippen LogP contribution in [0.4, 0.5) is 5.69 Å². The lowest BCUT2D eigenvalue weighted by Gasteiger charge is -2.06.